The molecular weight excluding hydrogens is 224 g/mol. The van der Waals surface area contributed by atoms with Gasteiger partial charge in [0, 0.05) is 26.9 Å². The van der Waals surface area contributed by atoms with Crippen molar-refractivity contribution in [3.63, 3.8) is 0 Å². The molecule has 0 aliphatic rings. The maximum absolute atomic E-state index is 11.7. The van der Waals surface area contributed by atoms with Gasteiger partial charge in [-0.15, -0.1) is 0 Å². The van der Waals surface area contributed by atoms with Gasteiger partial charge in [0.05, 0.1) is 0 Å². The van der Waals surface area contributed by atoms with Crippen LogP contribution in [0.15, 0.2) is 30.3 Å². The Labute approximate surface area is 100 Å². The van der Waals surface area contributed by atoms with Gasteiger partial charge in [-0.25, -0.2) is 0 Å². The molecule has 0 atom stereocenters. The normalized spacial score (nSPS) is 11.5. The Morgan fingerprint density at radius 3 is 2.06 bits per heavy atom. The van der Waals surface area contributed by atoms with Crippen LogP contribution in [0.1, 0.15) is 10.4 Å². The van der Waals surface area contributed by atoms with E-state index >= 15 is 0 Å². The molecular formula is C12H16O5. The van der Waals surface area contributed by atoms with Gasteiger partial charge in [0.25, 0.3) is 0 Å². The average Bonchev–Trinajstić information content (AvgIpc) is 2.41. The van der Waals surface area contributed by atoms with Crippen molar-refractivity contribution >= 4 is 5.78 Å². The van der Waals surface area contributed by atoms with Crippen LogP contribution in [0.2, 0.25) is 0 Å². The van der Waals surface area contributed by atoms with Crippen molar-refractivity contribution in [1.82, 2.24) is 0 Å². The quantitative estimate of drug-likeness (QED) is 0.533. The van der Waals surface area contributed by atoms with Crippen LogP contribution in [0.25, 0.3) is 0 Å². The third-order valence-corrected chi connectivity index (χ3v) is 2.23. The second kappa shape index (κ2) is 6.46. The van der Waals surface area contributed by atoms with E-state index in [1.165, 1.54) is 21.3 Å². The second-order valence-electron chi connectivity index (χ2n) is 3.19. The van der Waals surface area contributed by atoms with Gasteiger partial charge in [0.1, 0.15) is 6.61 Å². The van der Waals surface area contributed by atoms with Crippen LogP contribution in [-0.2, 0) is 18.9 Å². The minimum absolute atomic E-state index is 0.180. The third kappa shape index (κ3) is 3.61. The molecule has 0 N–H and O–H groups in total. The molecule has 0 aliphatic carbocycles. The molecule has 0 unspecified atom stereocenters. The van der Waals surface area contributed by atoms with Crippen molar-refractivity contribution in [2.24, 2.45) is 0 Å². The smallest absolute Gasteiger partial charge is 0.307 e. The molecule has 94 valence electrons. The number of hydrogen-bond donors (Lipinski definition) is 0. The summed E-state index contributed by atoms with van der Waals surface area (Å²) in [5.74, 6) is -0.180. The van der Waals surface area contributed by atoms with E-state index in [1.807, 2.05) is 6.07 Å². The van der Waals surface area contributed by atoms with Crippen LogP contribution in [0.5, 0.6) is 0 Å². The van der Waals surface area contributed by atoms with E-state index in [0.29, 0.717) is 5.56 Å². The topological polar surface area (TPSA) is 54.0 Å². The van der Waals surface area contributed by atoms with Gasteiger partial charge < -0.3 is 14.2 Å². The van der Waals surface area contributed by atoms with Crippen LogP contribution in [0.3, 0.4) is 0 Å². The number of Topliss-reactive ketones (excluding diaryl/α,β-unsaturated/α-hetero) is 1. The number of carbonyl (C=O) groups excluding carboxylic acids is 1. The van der Waals surface area contributed by atoms with Gasteiger partial charge in [-0.1, -0.05) is 30.3 Å². The van der Waals surface area contributed by atoms with E-state index in [1.54, 1.807) is 24.3 Å². The zero-order chi connectivity index (χ0) is 12.7. The Balaban J connectivity index is 2.59. The summed E-state index contributed by atoms with van der Waals surface area (Å²) in [7, 11) is 4.08. The molecule has 0 saturated carbocycles. The fraction of sp³-hybridized carbons (Fsp3) is 0.417. The van der Waals surface area contributed by atoms with E-state index in [9.17, 15) is 4.79 Å². The minimum Gasteiger partial charge on any atom is -0.307 e. The van der Waals surface area contributed by atoms with Crippen LogP contribution in [0.4, 0.5) is 0 Å². The molecule has 0 aromatic heterocycles. The molecule has 0 radical (unpaired) electrons. The highest BCUT2D eigenvalue weighted by Crippen LogP contribution is 2.14. The Morgan fingerprint density at radius 1 is 1.06 bits per heavy atom. The number of hydrogen-bond acceptors (Lipinski definition) is 5. The van der Waals surface area contributed by atoms with Gasteiger partial charge in [0.15, 0.2) is 5.78 Å². The van der Waals surface area contributed by atoms with Crippen molar-refractivity contribution in [2.45, 2.75) is 6.16 Å². The molecule has 1 aromatic rings. The zero-order valence-corrected chi connectivity index (χ0v) is 10.1. The molecule has 1 aromatic carbocycles. The molecule has 0 spiro atoms. The maximum Gasteiger partial charge on any atom is 0.412 e. The van der Waals surface area contributed by atoms with Crippen molar-refractivity contribution in [2.75, 3.05) is 27.9 Å². The van der Waals surface area contributed by atoms with E-state index < -0.39 is 6.16 Å². The predicted octanol–water partition coefficient (Wildman–Crippen LogP) is 1.44. The third-order valence-electron chi connectivity index (χ3n) is 2.23. The van der Waals surface area contributed by atoms with E-state index in [4.69, 9.17) is 18.9 Å². The van der Waals surface area contributed by atoms with Gasteiger partial charge in [-0.2, -0.15) is 0 Å². The fourth-order valence-electron chi connectivity index (χ4n) is 1.29. The zero-order valence-electron chi connectivity index (χ0n) is 10.1. The number of methoxy groups -OCH3 is 3. The van der Waals surface area contributed by atoms with Crippen LogP contribution >= 0.6 is 0 Å². The number of ether oxygens (including phenoxy) is 4. The van der Waals surface area contributed by atoms with Crippen molar-refractivity contribution in [1.29, 1.82) is 0 Å². The summed E-state index contributed by atoms with van der Waals surface area (Å²) in [4.78, 5) is 11.7. The Kier molecular flexibility index (Phi) is 5.24. The van der Waals surface area contributed by atoms with Gasteiger partial charge in [-0.3, -0.25) is 9.53 Å². The van der Waals surface area contributed by atoms with E-state index in [2.05, 4.69) is 0 Å². The predicted molar refractivity (Wildman–Crippen MR) is 60.5 cm³/mol. The molecule has 5 nitrogen and oxygen atoms in total. The fourth-order valence-corrected chi connectivity index (χ4v) is 1.29. The number of rotatable bonds is 7. The van der Waals surface area contributed by atoms with E-state index in [-0.39, 0.29) is 12.4 Å². The first-order valence-corrected chi connectivity index (χ1v) is 5.05. The molecule has 0 amide bonds. The first-order valence-electron chi connectivity index (χ1n) is 5.05. The minimum atomic E-state index is -1.63. The van der Waals surface area contributed by atoms with Crippen molar-refractivity contribution in [3.8, 4) is 0 Å². The summed E-state index contributed by atoms with van der Waals surface area (Å²) >= 11 is 0. The summed E-state index contributed by atoms with van der Waals surface area (Å²) in [5.41, 5.74) is 0.560. The Bertz CT molecular complexity index is 337. The molecule has 0 heterocycles. The van der Waals surface area contributed by atoms with E-state index in [0.717, 1.165) is 0 Å². The molecule has 17 heavy (non-hydrogen) atoms. The Hall–Kier alpha value is -1.27. The molecule has 5 heteroatoms. The van der Waals surface area contributed by atoms with Gasteiger partial charge in [0.2, 0.25) is 0 Å². The lowest BCUT2D eigenvalue weighted by molar-refractivity contribution is -0.476. The molecule has 1 rings (SSSR count). The lowest BCUT2D eigenvalue weighted by atomic mass is 10.1. The molecule has 0 aliphatic heterocycles. The van der Waals surface area contributed by atoms with Gasteiger partial charge >= 0.3 is 6.16 Å². The first-order chi connectivity index (χ1) is 8.17. The maximum atomic E-state index is 11.7. The number of benzene rings is 1. The summed E-state index contributed by atoms with van der Waals surface area (Å²) < 4.78 is 19.9. The average molecular weight is 240 g/mol. The summed E-state index contributed by atoms with van der Waals surface area (Å²) in [6.45, 7) is -0.195. The summed E-state index contributed by atoms with van der Waals surface area (Å²) in [5, 5.41) is 0. The molecule has 0 bridgehead atoms. The highest BCUT2D eigenvalue weighted by molar-refractivity contribution is 5.96. The monoisotopic (exact) mass is 240 g/mol. The van der Waals surface area contributed by atoms with Crippen molar-refractivity contribution < 1.29 is 23.7 Å². The number of carbonyl (C=O) groups is 1. The standard InChI is InChI=1S/C12H16O5/c1-14-12(15-2,16-3)17-9-11(13)10-7-5-4-6-8-10/h4-8H,9H2,1-3H3. The highest BCUT2D eigenvalue weighted by Gasteiger charge is 2.32. The number of ketones is 1. The second-order valence-corrected chi connectivity index (χ2v) is 3.19. The van der Waals surface area contributed by atoms with Gasteiger partial charge in [-0.05, 0) is 0 Å². The molecule has 0 saturated heterocycles. The van der Waals surface area contributed by atoms with Crippen LogP contribution in [0, 0.1) is 0 Å². The lowest BCUT2D eigenvalue weighted by Gasteiger charge is -2.27. The van der Waals surface area contributed by atoms with Crippen molar-refractivity contribution in [3.05, 3.63) is 35.9 Å². The highest BCUT2D eigenvalue weighted by atomic mass is 17.0. The molecule has 0 fully saturated rings. The Morgan fingerprint density at radius 2 is 1.59 bits per heavy atom. The van der Waals surface area contributed by atoms with Crippen LogP contribution in [-0.4, -0.2) is 39.9 Å². The van der Waals surface area contributed by atoms with Crippen LogP contribution < -0.4 is 0 Å². The summed E-state index contributed by atoms with van der Waals surface area (Å²) in [6.07, 6.45) is -1.63. The first kappa shape index (κ1) is 13.8. The lowest BCUT2D eigenvalue weighted by Crippen LogP contribution is -2.40. The summed E-state index contributed by atoms with van der Waals surface area (Å²) in [6, 6.07) is 8.81. The largest absolute Gasteiger partial charge is 0.412 e. The SMILES string of the molecule is COC(OC)(OC)OCC(=O)c1ccccc1.